The Morgan fingerprint density at radius 2 is 1.80 bits per heavy atom. The lowest BCUT2D eigenvalue weighted by Gasteiger charge is -2.37. The third-order valence-electron chi connectivity index (χ3n) is 9.11. The lowest BCUT2D eigenvalue weighted by molar-refractivity contribution is 0.0902. The van der Waals surface area contributed by atoms with E-state index in [0.717, 1.165) is 88.1 Å². The molecule has 4 heterocycles. The summed E-state index contributed by atoms with van der Waals surface area (Å²) in [4.78, 5) is 17.5. The number of rotatable bonds is 7. The Labute approximate surface area is 234 Å². The molecule has 1 saturated carbocycles. The molecule has 6 rings (SSSR count). The highest BCUT2D eigenvalue weighted by Crippen LogP contribution is 2.35. The van der Waals surface area contributed by atoms with Crippen LogP contribution in [0.4, 0.5) is 10.2 Å². The van der Waals surface area contributed by atoms with Crippen molar-refractivity contribution in [2.24, 2.45) is 11.8 Å². The van der Waals surface area contributed by atoms with Gasteiger partial charge in [-0.3, -0.25) is 4.79 Å². The van der Waals surface area contributed by atoms with Crippen molar-refractivity contribution in [1.82, 2.24) is 25.6 Å². The molecule has 0 radical (unpaired) electrons. The molecule has 3 aliphatic rings. The normalized spacial score (nSPS) is 23.8. The number of likely N-dealkylation sites (tertiary alicyclic amines) is 1. The van der Waals surface area contributed by atoms with Gasteiger partial charge in [-0.05, 0) is 87.7 Å². The molecular weight excluding hydrogens is 511 g/mol. The van der Waals surface area contributed by atoms with E-state index in [4.69, 9.17) is 9.26 Å². The number of nitrogens with one attached hydrogen (secondary N) is 1. The fraction of sp³-hybridized carbons (Fsp3) is 0.600. The number of nitrogens with zero attached hydrogens (tertiary/aromatic N) is 5. The molecule has 0 bridgehead atoms. The smallest absolute Gasteiger partial charge is 0.272 e. The Balaban J connectivity index is 0.929. The van der Waals surface area contributed by atoms with Gasteiger partial charge in [-0.25, -0.2) is 4.39 Å². The SMILES string of the molecule is CC(CN1CCC(c2noc3cc(F)ccc23)CC1)C1CCC(NC(=O)c2ccc(N3CCOCC3)nn2)CC1. The van der Waals surface area contributed by atoms with Crippen molar-refractivity contribution in [2.75, 3.05) is 50.8 Å². The lowest BCUT2D eigenvalue weighted by Crippen LogP contribution is -2.41. The van der Waals surface area contributed by atoms with Gasteiger partial charge in [0.25, 0.3) is 5.91 Å². The minimum absolute atomic E-state index is 0.134. The Bertz CT molecular complexity index is 1280. The first-order valence-corrected chi connectivity index (χ1v) is 14.8. The largest absolute Gasteiger partial charge is 0.378 e. The second-order valence-corrected chi connectivity index (χ2v) is 11.7. The van der Waals surface area contributed by atoms with Gasteiger partial charge in [0.1, 0.15) is 5.82 Å². The number of aromatic nitrogens is 3. The minimum Gasteiger partial charge on any atom is -0.378 e. The predicted molar refractivity (Wildman–Crippen MR) is 150 cm³/mol. The van der Waals surface area contributed by atoms with Crippen LogP contribution in [0.3, 0.4) is 0 Å². The van der Waals surface area contributed by atoms with Gasteiger partial charge in [0.2, 0.25) is 0 Å². The van der Waals surface area contributed by atoms with Crippen LogP contribution in [0.25, 0.3) is 11.0 Å². The Hall–Kier alpha value is -3.11. The van der Waals surface area contributed by atoms with Crippen molar-refractivity contribution in [3.8, 4) is 0 Å². The third-order valence-corrected chi connectivity index (χ3v) is 9.11. The number of halogens is 1. The monoisotopic (exact) mass is 550 g/mol. The molecule has 10 heteroatoms. The quantitative estimate of drug-likeness (QED) is 0.463. The number of hydrogen-bond acceptors (Lipinski definition) is 8. The summed E-state index contributed by atoms with van der Waals surface area (Å²) in [6.45, 7) is 8.53. The van der Waals surface area contributed by atoms with Gasteiger partial charge in [-0.2, -0.15) is 0 Å². The maximum absolute atomic E-state index is 13.5. The van der Waals surface area contributed by atoms with Crippen LogP contribution in [0.2, 0.25) is 0 Å². The van der Waals surface area contributed by atoms with E-state index in [0.29, 0.717) is 42.2 Å². The van der Waals surface area contributed by atoms with E-state index >= 15 is 0 Å². The molecule has 1 atom stereocenters. The van der Waals surface area contributed by atoms with Crippen molar-refractivity contribution in [1.29, 1.82) is 0 Å². The zero-order chi connectivity index (χ0) is 27.5. The fourth-order valence-electron chi connectivity index (χ4n) is 6.67. The number of fused-ring (bicyclic) bond motifs is 1. The number of hydrogen-bond donors (Lipinski definition) is 1. The Morgan fingerprint density at radius 3 is 2.52 bits per heavy atom. The van der Waals surface area contributed by atoms with E-state index < -0.39 is 0 Å². The number of amides is 1. The number of carbonyl (C=O) groups excluding carboxylic acids is 1. The summed E-state index contributed by atoms with van der Waals surface area (Å²) in [6.07, 6.45) is 6.35. The van der Waals surface area contributed by atoms with Crippen molar-refractivity contribution in [3.63, 3.8) is 0 Å². The van der Waals surface area contributed by atoms with E-state index in [2.05, 4.69) is 37.4 Å². The second-order valence-electron chi connectivity index (χ2n) is 11.7. The molecule has 1 aromatic carbocycles. The number of piperidine rings is 1. The van der Waals surface area contributed by atoms with E-state index in [9.17, 15) is 9.18 Å². The number of anilines is 1. The lowest BCUT2D eigenvalue weighted by atomic mass is 9.78. The van der Waals surface area contributed by atoms with E-state index in [1.54, 1.807) is 12.1 Å². The van der Waals surface area contributed by atoms with Crippen molar-refractivity contribution >= 4 is 22.7 Å². The molecule has 1 N–H and O–H groups in total. The van der Waals surface area contributed by atoms with Gasteiger partial charge in [-0.15, -0.1) is 10.2 Å². The first kappa shape index (κ1) is 27.1. The molecular formula is C30H39FN6O3. The molecule has 214 valence electrons. The highest BCUT2D eigenvalue weighted by Gasteiger charge is 2.30. The van der Waals surface area contributed by atoms with Crippen LogP contribution in [-0.2, 0) is 4.74 Å². The zero-order valence-electron chi connectivity index (χ0n) is 23.2. The van der Waals surface area contributed by atoms with E-state index in [1.165, 1.54) is 12.1 Å². The van der Waals surface area contributed by atoms with Crippen molar-refractivity contribution in [3.05, 3.63) is 47.5 Å². The maximum Gasteiger partial charge on any atom is 0.272 e. The molecule has 3 fully saturated rings. The Morgan fingerprint density at radius 1 is 1.02 bits per heavy atom. The van der Waals surface area contributed by atoms with Gasteiger partial charge in [-0.1, -0.05) is 12.1 Å². The molecule has 1 unspecified atom stereocenters. The average molecular weight is 551 g/mol. The minimum atomic E-state index is -0.292. The van der Waals surface area contributed by atoms with Crippen LogP contribution < -0.4 is 10.2 Å². The fourth-order valence-corrected chi connectivity index (χ4v) is 6.67. The van der Waals surface area contributed by atoms with Crippen molar-refractivity contribution < 1.29 is 18.4 Å². The van der Waals surface area contributed by atoms with E-state index in [-0.39, 0.29) is 17.8 Å². The van der Waals surface area contributed by atoms with Crippen LogP contribution in [0.15, 0.2) is 34.9 Å². The molecule has 9 nitrogen and oxygen atoms in total. The maximum atomic E-state index is 13.5. The molecule has 2 saturated heterocycles. The summed E-state index contributed by atoms with van der Waals surface area (Å²) in [6, 6.07) is 8.54. The van der Waals surface area contributed by atoms with Crippen molar-refractivity contribution in [2.45, 2.75) is 57.4 Å². The first-order chi connectivity index (χ1) is 19.5. The van der Waals surface area contributed by atoms with Crippen LogP contribution in [-0.4, -0.2) is 78.1 Å². The molecule has 1 amide bonds. The summed E-state index contributed by atoms with van der Waals surface area (Å²) in [5.74, 6) is 2.01. The standard InChI is InChI=1S/C30H39FN6O3/c1-20(19-36-12-10-22(11-13-36)29-25-7-4-23(31)18-27(25)40-35-29)21-2-5-24(6-3-21)32-30(38)26-8-9-28(34-33-26)37-14-16-39-17-15-37/h4,7-9,18,20-22,24H,2-3,5-6,10-17,19H2,1H3,(H,32,38). The average Bonchev–Trinajstić information content (AvgIpc) is 3.41. The molecule has 2 aliphatic heterocycles. The van der Waals surface area contributed by atoms with E-state index in [1.807, 2.05) is 6.07 Å². The molecule has 0 spiro atoms. The third kappa shape index (κ3) is 6.12. The second kappa shape index (κ2) is 12.2. The van der Waals surface area contributed by atoms with Gasteiger partial charge >= 0.3 is 0 Å². The number of benzene rings is 1. The van der Waals surface area contributed by atoms with Gasteiger partial charge in [0, 0.05) is 43.0 Å². The topological polar surface area (TPSA) is 96.6 Å². The molecule has 40 heavy (non-hydrogen) atoms. The van der Waals surface area contributed by atoms with Gasteiger partial charge in [0.05, 0.1) is 18.9 Å². The summed E-state index contributed by atoms with van der Waals surface area (Å²) >= 11 is 0. The van der Waals surface area contributed by atoms with Crippen LogP contribution in [0.5, 0.6) is 0 Å². The molecule has 3 aromatic rings. The number of morpholine rings is 1. The van der Waals surface area contributed by atoms with Crippen LogP contribution >= 0.6 is 0 Å². The van der Waals surface area contributed by atoms with Gasteiger partial charge < -0.3 is 24.4 Å². The Kier molecular flexibility index (Phi) is 8.25. The molecule has 1 aliphatic carbocycles. The first-order valence-electron chi connectivity index (χ1n) is 14.8. The highest BCUT2D eigenvalue weighted by molar-refractivity contribution is 5.92. The number of carbonyl (C=O) groups is 1. The summed E-state index contributed by atoms with van der Waals surface area (Å²) in [5.41, 5.74) is 1.89. The number of ether oxygens (including phenoxy) is 1. The summed E-state index contributed by atoms with van der Waals surface area (Å²) in [7, 11) is 0. The summed E-state index contributed by atoms with van der Waals surface area (Å²) in [5, 5.41) is 16.9. The van der Waals surface area contributed by atoms with Crippen LogP contribution in [0.1, 0.15) is 67.5 Å². The van der Waals surface area contributed by atoms with Gasteiger partial charge in [0.15, 0.2) is 17.1 Å². The summed E-state index contributed by atoms with van der Waals surface area (Å²) < 4.78 is 24.3. The highest BCUT2D eigenvalue weighted by atomic mass is 19.1. The zero-order valence-corrected chi connectivity index (χ0v) is 23.2. The molecule has 2 aromatic heterocycles. The van der Waals surface area contributed by atoms with Crippen LogP contribution in [0, 0.1) is 17.7 Å². The predicted octanol–water partition coefficient (Wildman–Crippen LogP) is 4.40.